The molecular weight excluding hydrogens is 365 g/mol. The third kappa shape index (κ3) is 5.09. The van der Waals surface area contributed by atoms with Crippen LogP contribution >= 0.6 is 36.2 Å². The quantitative estimate of drug-likeness (QED) is 0.857. The molecule has 1 aliphatic carbocycles. The molecule has 1 aromatic rings. The van der Waals surface area contributed by atoms with Gasteiger partial charge in [-0.15, -0.1) is 36.2 Å². The Balaban J connectivity index is 0.00000144. The summed E-state index contributed by atoms with van der Waals surface area (Å²) in [7, 11) is 0. The molecule has 2 fully saturated rings. The largest absolute Gasteiger partial charge is 0.340 e. The molecule has 0 spiro atoms. The Hall–Kier alpha value is -0.330. The van der Waals surface area contributed by atoms with Gasteiger partial charge in [0.1, 0.15) is 0 Å². The maximum absolute atomic E-state index is 12.8. The highest BCUT2D eigenvalue weighted by atomic mass is 35.5. The number of thiophene rings is 1. The summed E-state index contributed by atoms with van der Waals surface area (Å²) in [5.74, 6) is 0.311. The molecule has 0 aromatic carbocycles. The summed E-state index contributed by atoms with van der Waals surface area (Å²) in [6, 6.07) is 4.29. The second-order valence-corrected chi connectivity index (χ2v) is 8.02. The number of carbonyl (C=O) groups excluding carboxylic acids is 1. The van der Waals surface area contributed by atoms with Crippen molar-refractivity contribution in [3.8, 4) is 0 Å². The zero-order valence-electron chi connectivity index (χ0n) is 14.3. The summed E-state index contributed by atoms with van der Waals surface area (Å²) in [5.41, 5.74) is 6.07. The van der Waals surface area contributed by atoms with Crippen molar-refractivity contribution in [1.29, 1.82) is 0 Å². The number of halogens is 2. The standard InChI is InChI=1S/C17H27N3OS.2ClH/c1-17(18)7-3-2-6-15(17)16(21)20-10-8-19(9-11-20)13-14-5-4-12-22-14;;/h4-5,12,15H,2-3,6-11,13,18H2,1H3;2*1H. The molecule has 24 heavy (non-hydrogen) atoms. The average molecular weight is 394 g/mol. The van der Waals surface area contributed by atoms with Gasteiger partial charge in [0.15, 0.2) is 0 Å². The third-order valence-corrected chi connectivity index (χ3v) is 6.06. The third-order valence-electron chi connectivity index (χ3n) is 5.20. The van der Waals surface area contributed by atoms with Crippen LogP contribution in [0.3, 0.4) is 0 Å². The molecule has 2 N–H and O–H groups in total. The molecule has 2 heterocycles. The second kappa shape index (κ2) is 9.39. The smallest absolute Gasteiger partial charge is 0.227 e. The van der Waals surface area contributed by atoms with Crippen LogP contribution in [0.25, 0.3) is 0 Å². The summed E-state index contributed by atoms with van der Waals surface area (Å²) >= 11 is 1.81. The van der Waals surface area contributed by atoms with E-state index in [1.807, 2.05) is 16.2 Å². The topological polar surface area (TPSA) is 49.6 Å². The van der Waals surface area contributed by atoms with Gasteiger partial charge in [0, 0.05) is 43.1 Å². The van der Waals surface area contributed by atoms with Gasteiger partial charge in [-0.25, -0.2) is 0 Å². The molecule has 1 aliphatic heterocycles. The van der Waals surface area contributed by atoms with Crippen LogP contribution in [0.2, 0.25) is 0 Å². The summed E-state index contributed by atoms with van der Waals surface area (Å²) in [6.45, 7) is 6.70. The first-order valence-corrected chi connectivity index (χ1v) is 9.27. The first-order valence-electron chi connectivity index (χ1n) is 8.39. The van der Waals surface area contributed by atoms with Crippen molar-refractivity contribution >= 4 is 42.1 Å². The van der Waals surface area contributed by atoms with Gasteiger partial charge in [-0.1, -0.05) is 18.9 Å². The van der Waals surface area contributed by atoms with E-state index in [1.54, 1.807) is 0 Å². The maximum Gasteiger partial charge on any atom is 0.227 e. The van der Waals surface area contributed by atoms with E-state index in [0.29, 0.717) is 5.91 Å². The molecule has 138 valence electrons. The number of hydrogen-bond acceptors (Lipinski definition) is 4. The van der Waals surface area contributed by atoms with Crippen LogP contribution in [0, 0.1) is 5.92 Å². The molecular formula is C17H29Cl2N3OS. The van der Waals surface area contributed by atoms with E-state index in [9.17, 15) is 4.79 Å². The van der Waals surface area contributed by atoms with Crippen molar-refractivity contribution in [3.05, 3.63) is 22.4 Å². The molecule has 2 unspecified atom stereocenters. The van der Waals surface area contributed by atoms with Gasteiger partial charge in [0.25, 0.3) is 0 Å². The lowest BCUT2D eigenvalue weighted by atomic mass is 9.74. The first kappa shape index (κ1) is 21.7. The van der Waals surface area contributed by atoms with Crippen LogP contribution in [0.4, 0.5) is 0 Å². The first-order chi connectivity index (χ1) is 10.6. The van der Waals surface area contributed by atoms with Crippen molar-refractivity contribution in [1.82, 2.24) is 9.80 Å². The minimum Gasteiger partial charge on any atom is -0.340 e. The van der Waals surface area contributed by atoms with Crippen molar-refractivity contribution in [2.45, 2.75) is 44.7 Å². The van der Waals surface area contributed by atoms with Crippen LogP contribution in [-0.4, -0.2) is 47.4 Å². The molecule has 1 saturated heterocycles. The summed E-state index contributed by atoms with van der Waals surface area (Å²) < 4.78 is 0. The monoisotopic (exact) mass is 393 g/mol. The van der Waals surface area contributed by atoms with Gasteiger partial charge in [-0.2, -0.15) is 0 Å². The number of hydrogen-bond donors (Lipinski definition) is 1. The Morgan fingerprint density at radius 1 is 1.29 bits per heavy atom. The molecule has 1 amide bonds. The fourth-order valence-electron chi connectivity index (χ4n) is 3.73. The van der Waals surface area contributed by atoms with E-state index in [-0.39, 0.29) is 36.3 Å². The number of amides is 1. The van der Waals surface area contributed by atoms with Gasteiger partial charge in [0.05, 0.1) is 5.92 Å². The fourth-order valence-corrected chi connectivity index (χ4v) is 4.48. The number of carbonyl (C=O) groups is 1. The zero-order chi connectivity index (χ0) is 15.6. The maximum atomic E-state index is 12.8. The van der Waals surface area contributed by atoms with E-state index < -0.39 is 0 Å². The summed E-state index contributed by atoms with van der Waals surface area (Å²) in [6.07, 6.45) is 4.23. The van der Waals surface area contributed by atoms with Gasteiger partial charge < -0.3 is 10.6 Å². The van der Waals surface area contributed by atoms with Crippen molar-refractivity contribution in [2.24, 2.45) is 11.7 Å². The zero-order valence-corrected chi connectivity index (χ0v) is 16.7. The second-order valence-electron chi connectivity index (χ2n) is 6.98. The van der Waals surface area contributed by atoms with Gasteiger partial charge in [-0.3, -0.25) is 9.69 Å². The summed E-state index contributed by atoms with van der Waals surface area (Å²) in [4.78, 5) is 18.7. The lowest BCUT2D eigenvalue weighted by molar-refractivity contribution is -0.140. The molecule has 4 nitrogen and oxygen atoms in total. The highest BCUT2D eigenvalue weighted by Gasteiger charge is 2.40. The van der Waals surface area contributed by atoms with E-state index >= 15 is 0 Å². The fraction of sp³-hybridized carbons (Fsp3) is 0.706. The van der Waals surface area contributed by atoms with Crippen molar-refractivity contribution < 1.29 is 4.79 Å². The minimum atomic E-state index is -0.316. The van der Waals surface area contributed by atoms with Crippen molar-refractivity contribution in [3.63, 3.8) is 0 Å². The Kier molecular flexibility index (Phi) is 8.50. The number of rotatable bonds is 3. The molecule has 1 aromatic heterocycles. The SMILES string of the molecule is CC1(N)CCCCC1C(=O)N1CCN(Cc2cccs2)CC1.Cl.Cl. The predicted octanol–water partition coefficient (Wildman–Crippen LogP) is 3.14. The molecule has 1 saturated carbocycles. The Morgan fingerprint density at radius 3 is 2.58 bits per heavy atom. The van der Waals surface area contributed by atoms with Gasteiger partial charge in [-0.05, 0) is 31.2 Å². The molecule has 2 atom stereocenters. The highest BCUT2D eigenvalue weighted by molar-refractivity contribution is 7.09. The van der Waals surface area contributed by atoms with Gasteiger partial charge >= 0.3 is 0 Å². The normalized spacial score (nSPS) is 27.9. The number of piperazine rings is 1. The summed E-state index contributed by atoms with van der Waals surface area (Å²) in [5, 5.41) is 2.13. The van der Waals surface area contributed by atoms with E-state index in [0.717, 1.165) is 58.4 Å². The number of nitrogens with two attached hydrogens (primary N) is 1. The highest BCUT2D eigenvalue weighted by Crippen LogP contribution is 2.33. The molecule has 2 aliphatic rings. The molecule has 0 radical (unpaired) electrons. The van der Waals surface area contributed by atoms with Crippen LogP contribution < -0.4 is 5.73 Å². The molecule has 3 rings (SSSR count). The van der Waals surface area contributed by atoms with E-state index in [4.69, 9.17) is 5.73 Å². The van der Waals surface area contributed by atoms with Crippen LogP contribution in [0.5, 0.6) is 0 Å². The minimum absolute atomic E-state index is 0. The molecule has 0 bridgehead atoms. The predicted molar refractivity (Wildman–Crippen MR) is 105 cm³/mol. The van der Waals surface area contributed by atoms with Crippen molar-refractivity contribution in [2.75, 3.05) is 26.2 Å². The van der Waals surface area contributed by atoms with Crippen LogP contribution in [0.1, 0.15) is 37.5 Å². The lowest BCUT2D eigenvalue weighted by Gasteiger charge is -2.42. The number of nitrogens with zero attached hydrogens (tertiary/aromatic N) is 2. The molecule has 7 heteroatoms. The van der Waals surface area contributed by atoms with Crippen LogP contribution in [-0.2, 0) is 11.3 Å². The van der Waals surface area contributed by atoms with Crippen LogP contribution in [0.15, 0.2) is 17.5 Å². The van der Waals surface area contributed by atoms with E-state index in [2.05, 4.69) is 29.3 Å². The van der Waals surface area contributed by atoms with E-state index in [1.165, 1.54) is 4.88 Å². The average Bonchev–Trinajstić information content (AvgIpc) is 3.00. The Labute approximate surface area is 161 Å². The van der Waals surface area contributed by atoms with Gasteiger partial charge in [0.2, 0.25) is 5.91 Å². The Morgan fingerprint density at radius 2 is 2.00 bits per heavy atom. The lowest BCUT2D eigenvalue weighted by Crippen LogP contribution is -2.57. The Bertz CT molecular complexity index is 502.